The number of nitrogens with zero attached hydrogens (tertiary/aromatic N) is 4. The topological polar surface area (TPSA) is 63.1 Å². The standard InChI is InChI=1S/C22H22F3N5O/c1-29-12-15(11-27-29)13-30-14-17(21(31)28-20-7-2-3-8-26-20)10-19(30)16-5-4-6-18(9-16)22(23,24)25/h2-9,11-12,17,19H,10,13-14H2,1H3,(H,26,28,31)/t17-,19-/m1/s1. The molecule has 4 rings (SSSR count). The first kappa shape index (κ1) is 21.0. The van der Waals surface area contributed by atoms with E-state index in [1.807, 2.05) is 11.1 Å². The van der Waals surface area contributed by atoms with Crippen molar-refractivity contribution in [2.45, 2.75) is 25.2 Å². The number of hydrogen-bond acceptors (Lipinski definition) is 4. The van der Waals surface area contributed by atoms with Crippen molar-refractivity contribution in [1.29, 1.82) is 0 Å². The zero-order valence-corrected chi connectivity index (χ0v) is 16.9. The monoisotopic (exact) mass is 429 g/mol. The van der Waals surface area contributed by atoms with Crippen molar-refractivity contribution < 1.29 is 18.0 Å². The SMILES string of the molecule is Cn1cc(CN2C[C@H](C(=O)Nc3ccccn3)C[C@@H]2c2cccc(C(F)(F)F)c2)cn1. The molecule has 1 amide bonds. The zero-order chi connectivity index (χ0) is 22.0. The fraction of sp³-hybridized carbons (Fsp3) is 0.318. The van der Waals surface area contributed by atoms with E-state index in [9.17, 15) is 18.0 Å². The van der Waals surface area contributed by atoms with E-state index in [1.54, 1.807) is 48.4 Å². The van der Waals surface area contributed by atoms with Crippen LogP contribution < -0.4 is 5.32 Å². The number of alkyl halides is 3. The maximum atomic E-state index is 13.3. The minimum atomic E-state index is -4.42. The highest BCUT2D eigenvalue weighted by molar-refractivity contribution is 5.92. The Morgan fingerprint density at radius 1 is 1.23 bits per heavy atom. The third-order valence-electron chi connectivity index (χ3n) is 5.43. The fourth-order valence-electron chi connectivity index (χ4n) is 3.99. The number of amides is 1. The average molecular weight is 429 g/mol. The summed E-state index contributed by atoms with van der Waals surface area (Å²) < 4.78 is 41.4. The second-order valence-electron chi connectivity index (χ2n) is 7.73. The van der Waals surface area contributed by atoms with Crippen molar-refractivity contribution >= 4 is 11.7 Å². The van der Waals surface area contributed by atoms with Gasteiger partial charge in [0.25, 0.3) is 0 Å². The molecule has 6 nitrogen and oxygen atoms in total. The first-order valence-electron chi connectivity index (χ1n) is 9.90. The van der Waals surface area contributed by atoms with E-state index in [-0.39, 0.29) is 17.9 Å². The Morgan fingerprint density at radius 2 is 2.06 bits per heavy atom. The van der Waals surface area contributed by atoms with Gasteiger partial charge in [-0.15, -0.1) is 0 Å². The molecule has 1 aromatic carbocycles. The number of benzene rings is 1. The van der Waals surface area contributed by atoms with E-state index >= 15 is 0 Å². The molecule has 1 fully saturated rings. The van der Waals surface area contributed by atoms with Gasteiger partial charge in [0, 0.05) is 44.1 Å². The quantitative estimate of drug-likeness (QED) is 0.665. The Labute approximate surface area is 177 Å². The second kappa shape index (κ2) is 8.50. The Balaban J connectivity index is 1.58. The van der Waals surface area contributed by atoms with Crippen LogP contribution in [0.4, 0.5) is 19.0 Å². The largest absolute Gasteiger partial charge is 0.416 e. The molecule has 0 aliphatic carbocycles. The molecule has 3 heterocycles. The van der Waals surface area contributed by atoms with Gasteiger partial charge in [-0.05, 0) is 36.2 Å². The number of carbonyl (C=O) groups excluding carboxylic acids is 1. The van der Waals surface area contributed by atoms with Crippen LogP contribution >= 0.6 is 0 Å². The van der Waals surface area contributed by atoms with Gasteiger partial charge in [0.1, 0.15) is 5.82 Å². The predicted octanol–water partition coefficient (Wildman–Crippen LogP) is 4.04. The van der Waals surface area contributed by atoms with Gasteiger partial charge in [-0.3, -0.25) is 14.4 Å². The summed E-state index contributed by atoms with van der Waals surface area (Å²) in [5.74, 6) is -0.114. The number of nitrogens with one attached hydrogen (secondary N) is 1. The van der Waals surface area contributed by atoms with Crippen LogP contribution in [0.5, 0.6) is 0 Å². The number of anilines is 1. The van der Waals surface area contributed by atoms with Crippen LogP contribution in [0.2, 0.25) is 0 Å². The number of hydrogen-bond donors (Lipinski definition) is 1. The molecule has 31 heavy (non-hydrogen) atoms. The van der Waals surface area contributed by atoms with Gasteiger partial charge in [-0.2, -0.15) is 18.3 Å². The lowest BCUT2D eigenvalue weighted by molar-refractivity contribution is -0.137. The normalized spacial score (nSPS) is 19.5. The Morgan fingerprint density at radius 3 is 2.74 bits per heavy atom. The summed E-state index contributed by atoms with van der Waals surface area (Å²) in [5, 5.41) is 6.97. The first-order chi connectivity index (χ1) is 14.8. The Bertz CT molecular complexity index is 1050. The molecule has 1 N–H and O–H groups in total. The van der Waals surface area contributed by atoms with Crippen molar-refractivity contribution in [3.63, 3.8) is 0 Å². The van der Waals surface area contributed by atoms with Gasteiger partial charge in [0.05, 0.1) is 17.7 Å². The van der Waals surface area contributed by atoms with Gasteiger partial charge in [-0.25, -0.2) is 4.98 Å². The number of pyridine rings is 1. The number of carbonyl (C=O) groups is 1. The lowest BCUT2D eigenvalue weighted by Gasteiger charge is -2.24. The van der Waals surface area contributed by atoms with Gasteiger partial charge < -0.3 is 5.32 Å². The van der Waals surface area contributed by atoms with Crippen molar-refractivity contribution in [3.05, 3.63) is 77.7 Å². The van der Waals surface area contributed by atoms with Crippen molar-refractivity contribution in [1.82, 2.24) is 19.7 Å². The molecule has 0 saturated carbocycles. The molecule has 3 aromatic rings. The summed E-state index contributed by atoms with van der Waals surface area (Å²) in [6.45, 7) is 0.913. The maximum absolute atomic E-state index is 13.3. The lowest BCUT2D eigenvalue weighted by atomic mass is 9.97. The van der Waals surface area contributed by atoms with E-state index in [0.717, 1.165) is 11.6 Å². The summed E-state index contributed by atoms with van der Waals surface area (Å²) in [6, 6.07) is 10.3. The van der Waals surface area contributed by atoms with Gasteiger partial charge in [0.2, 0.25) is 5.91 Å². The summed E-state index contributed by atoms with van der Waals surface area (Å²) in [4.78, 5) is 19.0. The van der Waals surface area contributed by atoms with Crippen molar-refractivity contribution in [2.24, 2.45) is 13.0 Å². The van der Waals surface area contributed by atoms with Gasteiger partial charge in [-0.1, -0.05) is 18.2 Å². The molecular formula is C22H22F3N5O. The summed E-state index contributed by atoms with van der Waals surface area (Å²) in [7, 11) is 1.81. The number of likely N-dealkylation sites (tertiary alicyclic amines) is 1. The van der Waals surface area contributed by atoms with Crippen LogP contribution in [-0.4, -0.2) is 32.1 Å². The zero-order valence-electron chi connectivity index (χ0n) is 16.9. The van der Waals surface area contributed by atoms with Crippen LogP contribution in [0.25, 0.3) is 0 Å². The Hall–Kier alpha value is -3.20. The van der Waals surface area contributed by atoms with E-state index < -0.39 is 11.7 Å². The third-order valence-corrected chi connectivity index (χ3v) is 5.43. The minimum absolute atomic E-state index is 0.190. The first-order valence-corrected chi connectivity index (χ1v) is 9.90. The summed E-state index contributed by atoms with van der Waals surface area (Å²) in [6.07, 6.45) is 1.18. The predicted molar refractivity (Wildman–Crippen MR) is 109 cm³/mol. The number of halogens is 3. The van der Waals surface area contributed by atoms with Crippen molar-refractivity contribution in [3.8, 4) is 0 Å². The van der Waals surface area contributed by atoms with Gasteiger partial charge >= 0.3 is 6.18 Å². The van der Waals surface area contributed by atoms with Crippen LogP contribution in [0.15, 0.2) is 61.1 Å². The number of aryl methyl sites for hydroxylation is 1. The smallest absolute Gasteiger partial charge is 0.310 e. The van der Waals surface area contributed by atoms with E-state index in [1.165, 1.54) is 12.1 Å². The molecule has 2 atom stereocenters. The molecular weight excluding hydrogens is 407 g/mol. The molecule has 1 saturated heterocycles. The highest BCUT2D eigenvalue weighted by atomic mass is 19.4. The van der Waals surface area contributed by atoms with Crippen LogP contribution in [0.3, 0.4) is 0 Å². The lowest BCUT2D eigenvalue weighted by Crippen LogP contribution is -2.27. The number of aromatic nitrogens is 3. The van der Waals surface area contributed by atoms with Crippen LogP contribution in [0, 0.1) is 5.92 Å². The van der Waals surface area contributed by atoms with Gasteiger partial charge in [0.15, 0.2) is 0 Å². The molecule has 1 aliphatic rings. The minimum Gasteiger partial charge on any atom is -0.310 e. The highest BCUT2D eigenvalue weighted by Crippen LogP contribution is 2.39. The van der Waals surface area contributed by atoms with E-state index in [0.29, 0.717) is 30.9 Å². The molecule has 0 unspecified atom stereocenters. The second-order valence-corrected chi connectivity index (χ2v) is 7.73. The molecule has 1 aliphatic heterocycles. The average Bonchev–Trinajstić information content (AvgIpc) is 3.35. The molecule has 0 spiro atoms. The molecule has 162 valence electrons. The van der Waals surface area contributed by atoms with E-state index in [4.69, 9.17) is 0 Å². The highest BCUT2D eigenvalue weighted by Gasteiger charge is 2.38. The molecule has 0 bridgehead atoms. The molecule has 2 aromatic heterocycles. The fourth-order valence-corrected chi connectivity index (χ4v) is 3.99. The molecule has 9 heteroatoms. The van der Waals surface area contributed by atoms with Crippen molar-refractivity contribution in [2.75, 3.05) is 11.9 Å². The maximum Gasteiger partial charge on any atom is 0.416 e. The number of rotatable bonds is 5. The Kier molecular flexibility index (Phi) is 5.77. The molecule has 0 radical (unpaired) electrons. The van der Waals surface area contributed by atoms with Crippen LogP contribution in [0.1, 0.15) is 29.2 Å². The van der Waals surface area contributed by atoms with Crippen LogP contribution in [-0.2, 0) is 24.6 Å². The third kappa shape index (κ3) is 4.93. The van der Waals surface area contributed by atoms with E-state index in [2.05, 4.69) is 15.4 Å². The summed E-state index contributed by atoms with van der Waals surface area (Å²) >= 11 is 0. The summed E-state index contributed by atoms with van der Waals surface area (Å²) in [5.41, 5.74) is 0.796.